The lowest BCUT2D eigenvalue weighted by molar-refractivity contribution is -0.393. The Morgan fingerprint density at radius 3 is 2.28 bits per heavy atom. The molecule has 11 heteroatoms. The van der Waals surface area contributed by atoms with E-state index in [0.717, 1.165) is 12.1 Å². The van der Waals surface area contributed by atoms with Crippen LogP contribution in [-0.4, -0.2) is 23.2 Å². The van der Waals surface area contributed by atoms with Crippen molar-refractivity contribution in [1.82, 2.24) is 0 Å². The van der Waals surface area contributed by atoms with Crippen molar-refractivity contribution in [1.29, 1.82) is 0 Å². The van der Waals surface area contributed by atoms with E-state index in [1.165, 1.54) is 19.4 Å². The number of nitrogens with zero attached hydrogens (tertiary/aromatic N) is 3. The summed E-state index contributed by atoms with van der Waals surface area (Å²) in [5.41, 5.74) is 2.11. The molecule has 130 valence electrons. The molecular formula is C14H10Cl2N4O5. The van der Waals surface area contributed by atoms with Crippen LogP contribution in [0.3, 0.4) is 0 Å². The van der Waals surface area contributed by atoms with Gasteiger partial charge in [-0.1, -0.05) is 23.2 Å². The van der Waals surface area contributed by atoms with E-state index in [-0.39, 0.29) is 15.7 Å². The molecule has 0 aliphatic rings. The standard InChI is InChI=1S/C14H10Cl2N4O5/c1-25-14-10(15)4-8(5-11(14)16)7-17-18-12-3-2-9(19(21)22)6-13(12)20(23)24/h2-7,18H,1H3. The van der Waals surface area contributed by atoms with E-state index in [4.69, 9.17) is 27.9 Å². The second kappa shape index (κ2) is 7.77. The summed E-state index contributed by atoms with van der Waals surface area (Å²) in [4.78, 5) is 20.3. The van der Waals surface area contributed by atoms with E-state index in [2.05, 4.69) is 10.5 Å². The maximum absolute atomic E-state index is 11.0. The molecule has 2 aromatic rings. The first kappa shape index (κ1) is 18.4. The van der Waals surface area contributed by atoms with Crippen LogP contribution in [0.1, 0.15) is 5.56 Å². The van der Waals surface area contributed by atoms with E-state index < -0.39 is 21.2 Å². The van der Waals surface area contributed by atoms with Crippen LogP contribution < -0.4 is 10.2 Å². The smallest absolute Gasteiger partial charge is 0.301 e. The number of ether oxygens (including phenoxy) is 1. The number of hydrogen-bond donors (Lipinski definition) is 1. The van der Waals surface area contributed by atoms with Crippen LogP contribution in [0.2, 0.25) is 10.0 Å². The minimum Gasteiger partial charge on any atom is -0.494 e. The number of benzene rings is 2. The minimum atomic E-state index is -0.744. The normalized spacial score (nSPS) is 10.7. The van der Waals surface area contributed by atoms with E-state index in [1.54, 1.807) is 12.1 Å². The van der Waals surface area contributed by atoms with E-state index in [1.807, 2.05) is 0 Å². The Labute approximate surface area is 151 Å². The van der Waals surface area contributed by atoms with Gasteiger partial charge in [-0.05, 0) is 23.8 Å². The van der Waals surface area contributed by atoms with Crippen LogP contribution in [0.4, 0.5) is 17.1 Å². The predicted molar refractivity (Wildman–Crippen MR) is 94.0 cm³/mol. The highest BCUT2D eigenvalue weighted by atomic mass is 35.5. The van der Waals surface area contributed by atoms with E-state index in [0.29, 0.717) is 11.3 Å². The molecule has 2 aromatic carbocycles. The fourth-order valence-electron chi connectivity index (χ4n) is 1.90. The van der Waals surface area contributed by atoms with Gasteiger partial charge in [-0.3, -0.25) is 25.7 Å². The van der Waals surface area contributed by atoms with Gasteiger partial charge in [0.15, 0.2) is 5.75 Å². The molecule has 0 saturated heterocycles. The second-order valence-corrected chi connectivity index (χ2v) is 5.42. The first-order valence-corrected chi connectivity index (χ1v) is 7.34. The lowest BCUT2D eigenvalue weighted by atomic mass is 10.2. The van der Waals surface area contributed by atoms with Crippen LogP contribution >= 0.6 is 23.2 Å². The van der Waals surface area contributed by atoms with Gasteiger partial charge in [0.2, 0.25) is 0 Å². The van der Waals surface area contributed by atoms with Gasteiger partial charge >= 0.3 is 5.69 Å². The quantitative estimate of drug-likeness (QED) is 0.451. The van der Waals surface area contributed by atoms with Crippen LogP contribution in [0, 0.1) is 20.2 Å². The molecule has 9 nitrogen and oxygen atoms in total. The number of nitro benzene ring substituents is 2. The molecule has 25 heavy (non-hydrogen) atoms. The molecule has 1 N–H and O–H groups in total. The molecule has 0 spiro atoms. The van der Waals surface area contributed by atoms with Gasteiger partial charge in [0.25, 0.3) is 5.69 Å². The maximum atomic E-state index is 11.0. The van der Waals surface area contributed by atoms with Gasteiger partial charge in [0, 0.05) is 6.07 Å². The minimum absolute atomic E-state index is 0.00226. The Kier molecular flexibility index (Phi) is 5.73. The Hall–Kier alpha value is -2.91. The molecule has 0 amide bonds. The van der Waals surface area contributed by atoms with Crippen molar-refractivity contribution in [3.63, 3.8) is 0 Å². The summed E-state index contributed by atoms with van der Waals surface area (Å²) >= 11 is 12.0. The van der Waals surface area contributed by atoms with Crippen molar-refractivity contribution in [3.8, 4) is 5.75 Å². The summed E-state index contributed by atoms with van der Waals surface area (Å²) in [6.07, 6.45) is 1.34. The van der Waals surface area contributed by atoms with Gasteiger partial charge in [0.05, 0.1) is 39.3 Å². The number of nitro groups is 2. The number of halogens is 2. The summed E-state index contributed by atoms with van der Waals surface area (Å²) in [6, 6.07) is 6.26. The third-order valence-corrected chi connectivity index (χ3v) is 3.57. The zero-order valence-electron chi connectivity index (χ0n) is 12.6. The van der Waals surface area contributed by atoms with Gasteiger partial charge in [-0.25, -0.2) is 0 Å². The SMILES string of the molecule is COc1c(Cl)cc(C=NNc2ccc([N+](=O)[O-])cc2[N+](=O)[O-])cc1Cl. The predicted octanol–water partition coefficient (Wildman–Crippen LogP) is 4.26. The highest BCUT2D eigenvalue weighted by Crippen LogP contribution is 2.33. The Bertz CT molecular complexity index is 849. The Morgan fingerprint density at radius 2 is 1.76 bits per heavy atom. The zero-order chi connectivity index (χ0) is 18.6. The molecule has 0 atom stereocenters. The van der Waals surface area contributed by atoms with Crippen molar-refractivity contribution < 1.29 is 14.6 Å². The first-order chi connectivity index (χ1) is 11.8. The van der Waals surface area contributed by atoms with Crippen LogP contribution in [0.15, 0.2) is 35.4 Å². The van der Waals surface area contributed by atoms with Crippen molar-refractivity contribution >= 4 is 46.5 Å². The maximum Gasteiger partial charge on any atom is 0.301 e. The number of nitrogens with one attached hydrogen (secondary N) is 1. The Balaban J connectivity index is 2.25. The van der Waals surface area contributed by atoms with E-state index in [9.17, 15) is 20.2 Å². The molecule has 0 heterocycles. The molecule has 0 unspecified atom stereocenters. The monoisotopic (exact) mass is 384 g/mol. The molecule has 0 aliphatic carbocycles. The average Bonchev–Trinajstić information content (AvgIpc) is 2.54. The molecule has 0 bridgehead atoms. The largest absolute Gasteiger partial charge is 0.494 e. The van der Waals surface area contributed by atoms with Crippen LogP contribution in [0.25, 0.3) is 0 Å². The second-order valence-electron chi connectivity index (χ2n) is 4.60. The molecule has 0 radical (unpaired) electrons. The fraction of sp³-hybridized carbons (Fsp3) is 0.0714. The molecule has 2 rings (SSSR count). The topological polar surface area (TPSA) is 120 Å². The van der Waals surface area contributed by atoms with Crippen molar-refractivity contribution in [2.45, 2.75) is 0 Å². The van der Waals surface area contributed by atoms with Gasteiger partial charge in [-0.15, -0.1) is 0 Å². The first-order valence-electron chi connectivity index (χ1n) is 6.58. The van der Waals surface area contributed by atoms with Crippen molar-refractivity contribution in [3.05, 3.63) is 66.2 Å². The highest BCUT2D eigenvalue weighted by Gasteiger charge is 2.19. The number of anilines is 1. The lowest BCUT2D eigenvalue weighted by Crippen LogP contribution is -1.99. The summed E-state index contributed by atoms with van der Waals surface area (Å²) in [7, 11) is 1.43. The third kappa shape index (κ3) is 4.34. The molecule has 0 fully saturated rings. The number of rotatable bonds is 6. The molecule has 0 aromatic heterocycles. The number of hydrogen-bond acceptors (Lipinski definition) is 7. The van der Waals surface area contributed by atoms with Gasteiger partial charge in [-0.2, -0.15) is 5.10 Å². The van der Waals surface area contributed by atoms with Gasteiger partial charge < -0.3 is 4.74 Å². The zero-order valence-corrected chi connectivity index (χ0v) is 14.1. The summed E-state index contributed by atoms with van der Waals surface area (Å²) in [5, 5.41) is 26.1. The summed E-state index contributed by atoms with van der Waals surface area (Å²) in [6.45, 7) is 0. The van der Waals surface area contributed by atoms with Crippen LogP contribution in [0.5, 0.6) is 5.75 Å². The molecular weight excluding hydrogens is 375 g/mol. The average molecular weight is 385 g/mol. The van der Waals surface area contributed by atoms with Crippen molar-refractivity contribution in [2.24, 2.45) is 5.10 Å². The fourth-order valence-corrected chi connectivity index (χ4v) is 2.56. The Morgan fingerprint density at radius 1 is 1.12 bits per heavy atom. The van der Waals surface area contributed by atoms with Crippen LogP contribution in [-0.2, 0) is 0 Å². The number of hydrazone groups is 1. The summed E-state index contributed by atoms with van der Waals surface area (Å²) < 4.78 is 5.02. The summed E-state index contributed by atoms with van der Waals surface area (Å²) in [5.74, 6) is 0.319. The van der Waals surface area contributed by atoms with E-state index >= 15 is 0 Å². The van der Waals surface area contributed by atoms with Crippen molar-refractivity contribution in [2.75, 3.05) is 12.5 Å². The molecule has 0 saturated carbocycles. The number of methoxy groups -OCH3 is 1. The van der Waals surface area contributed by atoms with Gasteiger partial charge in [0.1, 0.15) is 5.69 Å². The lowest BCUT2D eigenvalue weighted by Gasteiger charge is -2.06. The third-order valence-electron chi connectivity index (χ3n) is 3.01. The highest BCUT2D eigenvalue weighted by molar-refractivity contribution is 6.37. The molecule has 0 aliphatic heterocycles. The number of non-ortho nitro benzene ring substituents is 1.